The minimum absolute atomic E-state index is 0.116. The number of hydrogen-bond acceptors (Lipinski definition) is 5. The average molecular weight is 246 g/mol. The van der Waals surface area contributed by atoms with Crippen LogP contribution in [-0.4, -0.2) is 11.4 Å². The van der Waals surface area contributed by atoms with Gasteiger partial charge < -0.3 is 14.8 Å². The van der Waals surface area contributed by atoms with Gasteiger partial charge in [-0.1, -0.05) is 0 Å². The molecule has 0 amide bonds. The first kappa shape index (κ1) is 8.33. The number of phenolic OH excluding ortho intramolecular Hbond substituents is 1. The third kappa shape index (κ3) is 1.14. The Bertz CT molecular complexity index is 379. The molecule has 1 aliphatic rings. The fourth-order valence-corrected chi connectivity index (χ4v) is 1.49. The topological polar surface area (TPSA) is 67.8 Å². The van der Waals surface area contributed by atoms with Gasteiger partial charge in [0.15, 0.2) is 12.0 Å². The zero-order valence-corrected chi connectivity index (χ0v) is 7.79. The molecular weight excluding hydrogens is 242 g/mol. The van der Waals surface area contributed by atoms with Crippen molar-refractivity contribution in [3.63, 3.8) is 0 Å². The monoisotopic (exact) mass is 245 g/mol. The Morgan fingerprint density at radius 3 is 3.00 bits per heavy atom. The fourth-order valence-electron chi connectivity index (χ4n) is 1.00. The second-order valence-corrected chi connectivity index (χ2v) is 3.21. The van der Waals surface area contributed by atoms with E-state index < -0.39 is 0 Å². The van der Waals surface area contributed by atoms with E-state index >= 15 is 0 Å². The zero-order valence-electron chi connectivity index (χ0n) is 6.20. The van der Waals surface area contributed by atoms with E-state index in [2.05, 4.69) is 21.6 Å². The summed E-state index contributed by atoms with van der Waals surface area (Å²) in [5.41, 5.74) is 2.24. The van der Waals surface area contributed by atoms with E-state index in [1.54, 1.807) is 0 Å². The van der Waals surface area contributed by atoms with E-state index in [0.29, 0.717) is 16.5 Å². The first-order valence-electron chi connectivity index (χ1n) is 3.33. The number of carbonyl (C=O) groups excluding carboxylic acids is 1. The van der Waals surface area contributed by atoms with Gasteiger partial charge in [-0.05, 0) is 15.9 Å². The minimum Gasteiger partial charge on any atom is -0.504 e. The molecule has 0 unspecified atom stereocenters. The number of halogens is 1. The van der Waals surface area contributed by atoms with Crippen LogP contribution in [0, 0.1) is 0 Å². The Hall–Kier alpha value is -1.27. The molecule has 1 aromatic carbocycles. The van der Waals surface area contributed by atoms with Gasteiger partial charge >= 0.3 is 0 Å². The number of rotatable bonds is 1. The summed E-state index contributed by atoms with van der Waals surface area (Å²) >= 11 is 3.11. The molecule has 2 N–H and O–H groups in total. The van der Waals surface area contributed by atoms with E-state index in [4.69, 9.17) is 9.68 Å². The van der Waals surface area contributed by atoms with Gasteiger partial charge in [-0.3, -0.25) is 4.79 Å². The van der Waals surface area contributed by atoms with Crippen LogP contribution in [0.25, 0.3) is 0 Å². The maximum atomic E-state index is 10.5. The Morgan fingerprint density at radius 2 is 2.31 bits per heavy atom. The molecule has 5 nitrogen and oxygen atoms in total. The van der Waals surface area contributed by atoms with E-state index in [1.165, 1.54) is 6.07 Å². The van der Waals surface area contributed by atoms with E-state index in [9.17, 15) is 9.90 Å². The van der Waals surface area contributed by atoms with Crippen LogP contribution in [0.15, 0.2) is 10.5 Å². The number of aldehydes is 1. The van der Waals surface area contributed by atoms with E-state index in [1.807, 2.05) is 0 Å². The maximum absolute atomic E-state index is 10.5. The minimum atomic E-state index is -0.246. The smallest absolute Gasteiger partial charge is 0.238 e. The van der Waals surface area contributed by atoms with Crippen LogP contribution < -0.4 is 15.3 Å². The van der Waals surface area contributed by atoms with Gasteiger partial charge in [-0.25, -0.2) is 0 Å². The molecule has 0 saturated heterocycles. The summed E-state index contributed by atoms with van der Waals surface area (Å²) in [6, 6.07) is 1.53. The van der Waals surface area contributed by atoms with Gasteiger partial charge in [0.1, 0.15) is 0 Å². The zero-order chi connectivity index (χ0) is 9.42. The molecule has 0 atom stereocenters. The third-order valence-corrected chi connectivity index (χ3v) is 2.28. The molecule has 0 aliphatic carbocycles. The Kier molecular flexibility index (Phi) is 1.86. The summed E-state index contributed by atoms with van der Waals surface area (Å²) in [5.74, 6) is 0.199. The van der Waals surface area contributed by atoms with Crippen molar-refractivity contribution in [1.29, 1.82) is 0 Å². The summed E-state index contributed by atoms with van der Waals surface area (Å²) in [7, 11) is 0. The Morgan fingerprint density at radius 1 is 1.54 bits per heavy atom. The first-order valence-corrected chi connectivity index (χ1v) is 4.12. The van der Waals surface area contributed by atoms with E-state index in [0.717, 1.165) is 0 Å². The van der Waals surface area contributed by atoms with Gasteiger partial charge in [0.05, 0.1) is 5.56 Å². The summed E-state index contributed by atoms with van der Waals surface area (Å²) in [5, 5.41) is 9.48. The molecule has 0 saturated carbocycles. The lowest BCUT2D eigenvalue weighted by molar-refractivity contribution is 0.0247. The van der Waals surface area contributed by atoms with Crippen molar-refractivity contribution in [3.05, 3.63) is 16.1 Å². The highest BCUT2D eigenvalue weighted by atomic mass is 79.9. The number of nitrogens with one attached hydrogen (secondary N) is 1. The van der Waals surface area contributed by atoms with Crippen LogP contribution in [0.5, 0.6) is 17.2 Å². The maximum Gasteiger partial charge on any atom is 0.238 e. The molecule has 0 radical (unpaired) electrons. The molecule has 0 spiro atoms. The number of carbonyl (C=O) groups is 1. The van der Waals surface area contributed by atoms with Crippen LogP contribution in [0.1, 0.15) is 10.4 Å². The number of fused-ring (bicyclic) bond motifs is 1. The molecule has 0 fully saturated rings. The predicted molar refractivity (Wildman–Crippen MR) is 45.6 cm³/mol. The molecule has 2 rings (SSSR count). The molecule has 0 aromatic heterocycles. The molecule has 1 heterocycles. The van der Waals surface area contributed by atoms with Crippen molar-refractivity contribution >= 4 is 22.2 Å². The molecule has 0 bridgehead atoms. The number of hydrogen-bond donors (Lipinski definition) is 2. The fraction of sp³-hybridized carbons (Fsp3) is 0. The summed E-state index contributed by atoms with van der Waals surface area (Å²) in [4.78, 5) is 20.0. The van der Waals surface area contributed by atoms with Gasteiger partial charge in [0.2, 0.25) is 11.5 Å². The standard InChI is InChI=1S/C7H4BrNO4/c8-4-1-5-7(13-9-12-5)6(11)3(4)2-10/h1-2,9,11H. The Balaban J connectivity index is 2.69. The van der Waals surface area contributed by atoms with Gasteiger partial charge in [0, 0.05) is 16.2 Å². The van der Waals surface area contributed by atoms with Crippen molar-refractivity contribution < 1.29 is 19.6 Å². The summed E-state index contributed by atoms with van der Waals surface area (Å²) < 4.78 is 0.450. The SMILES string of the molecule is O=Cc1c(Br)cc2c(c1O)ONO2. The predicted octanol–water partition coefficient (Wildman–Crippen LogP) is 1.16. The van der Waals surface area contributed by atoms with Crippen LogP contribution in [0.4, 0.5) is 0 Å². The van der Waals surface area contributed by atoms with Crippen molar-refractivity contribution in [3.8, 4) is 17.2 Å². The second kappa shape index (κ2) is 2.90. The van der Waals surface area contributed by atoms with E-state index in [-0.39, 0.29) is 17.1 Å². The second-order valence-electron chi connectivity index (χ2n) is 2.35. The third-order valence-electron chi connectivity index (χ3n) is 1.62. The highest BCUT2D eigenvalue weighted by Crippen LogP contribution is 2.43. The summed E-state index contributed by atoms with van der Waals surface area (Å²) in [6.07, 6.45) is 0.529. The Labute approximate surface area is 81.3 Å². The number of benzene rings is 1. The highest BCUT2D eigenvalue weighted by Gasteiger charge is 2.23. The quantitative estimate of drug-likeness (QED) is 0.727. The van der Waals surface area contributed by atoms with Crippen LogP contribution in [0.3, 0.4) is 0 Å². The van der Waals surface area contributed by atoms with Crippen LogP contribution in [0.2, 0.25) is 0 Å². The van der Waals surface area contributed by atoms with Crippen molar-refractivity contribution in [2.45, 2.75) is 0 Å². The molecule has 13 heavy (non-hydrogen) atoms. The van der Waals surface area contributed by atoms with Gasteiger partial charge in [-0.2, -0.15) is 0 Å². The number of aromatic hydroxyl groups is 1. The molecular formula is C7H4BrNO4. The molecule has 68 valence electrons. The largest absolute Gasteiger partial charge is 0.504 e. The van der Waals surface area contributed by atoms with Gasteiger partial charge in [0.25, 0.3) is 0 Å². The van der Waals surface area contributed by atoms with Crippen molar-refractivity contribution in [1.82, 2.24) is 5.64 Å². The lowest BCUT2D eigenvalue weighted by atomic mass is 10.2. The highest BCUT2D eigenvalue weighted by molar-refractivity contribution is 9.10. The molecule has 1 aliphatic heterocycles. The van der Waals surface area contributed by atoms with Gasteiger partial charge in [-0.15, -0.1) is 0 Å². The normalized spacial score (nSPS) is 13.0. The summed E-state index contributed by atoms with van der Waals surface area (Å²) in [6.45, 7) is 0. The molecule has 6 heteroatoms. The molecule has 1 aromatic rings. The van der Waals surface area contributed by atoms with Crippen molar-refractivity contribution in [2.75, 3.05) is 0 Å². The lowest BCUT2D eigenvalue weighted by Gasteiger charge is -2.02. The van der Waals surface area contributed by atoms with Crippen LogP contribution in [-0.2, 0) is 0 Å². The van der Waals surface area contributed by atoms with Crippen LogP contribution >= 0.6 is 15.9 Å². The van der Waals surface area contributed by atoms with Crippen molar-refractivity contribution in [2.24, 2.45) is 0 Å². The number of phenols is 1. The average Bonchev–Trinajstić information content (AvgIpc) is 2.53. The first-order chi connectivity index (χ1) is 6.24. The lowest BCUT2D eigenvalue weighted by Crippen LogP contribution is -2.14.